The van der Waals surface area contributed by atoms with Gasteiger partial charge in [-0.2, -0.15) is 5.10 Å². The molecule has 0 saturated carbocycles. The maximum atomic E-state index is 4.33. The summed E-state index contributed by atoms with van der Waals surface area (Å²) >= 11 is 0. The van der Waals surface area contributed by atoms with Gasteiger partial charge in [-0.25, -0.2) is 0 Å². The van der Waals surface area contributed by atoms with Crippen molar-refractivity contribution in [2.24, 2.45) is 0 Å². The van der Waals surface area contributed by atoms with Crippen molar-refractivity contribution in [2.45, 2.75) is 20.0 Å². The Labute approximate surface area is 95.3 Å². The second-order valence-corrected chi connectivity index (χ2v) is 3.77. The molecular weight excluding hydrogens is 200 g/mol. The Morgan fingerprint density at radius 1 is 1.38 bits per heavy atom. The van der Waals surface area contributed by atoms with Gasteiger partial charge < -0.3 is 5.32 Å². The molecule has 84 valence electrons. The molecule has 16 heavy (non-hydrogen) atoms. The van der Waals surface area contributed by atoms with Crippen LogP contribution in [-0.4, -0.2) is 21.3 Å². The zero-order valence-corrected chi connectivity index (χ0v) is 9.43. The van der Waals surface area contributed by atoms with Crippen molar-refractivity contribution >= 4 is 0 Å². The van der Waals surface area contributed by atoms with Crippen LogP contribution in [0.3, 0.4) is 0 Å². The Bertz CT molecular complexity index is 405. The highest BCUT2D eigenvalue weighted by Crippen LogP contribution is 1.97. The van der Waals surface area contributed by atoms with Gasteiger partial charge in [-0.3, -0.25) is 9.67 Å². The third kappa shape index (κ3) is 3.17. The third-order valence-electron chi connectivity index (χ3n) is 2.36. The van der Waals surface area contributed by atoms with E-state index >= 15 is 0 Å². The van der Waals surface area contributed by atoms with Gasteiger partial charge in [0.15, 0.2) is 0 Å². The predicted molar refractivity (Wildman–Crippen MR) is 62.9 cm³/mol. The maximum Gasteiger partial charge on any atom is 0.0541 e. The number of pyridine rings is 1. The van der Waals surface area contributed by atoms with E-state index in [1.165, 1.54) is 5.56 Å². The van der Waals surface area contributed by atoms with Crippen LogP contribution >= 0.6 is 0 Å². The average molecular weight is 216 g/mol. The molecule has 0 aliphatic carbocycles. The number of rotatable bonds is 5. The van der Waals surface area contributed by atoms with Gasteiger partial charge in [-0.1, -0.05) is 6.07 Å². The number of nitrogens with one attached hydrogen (secondary N) is 1. The van der Waals surface area contributed by atoms with E-state index < -0.39 is 0 Å². The van der Waals surface area contributed by atoms with Crippen molar-refractivity contribution in [1.82, 2.24) is 20.1 Å². The van der Waals surface area contributed by atoms with Gasteiger partial charge in [0.1, 0.15) is 0 Å². The van der Waals surface area contributed by atoms with Crippen LogP contribution in [0.1, 0.15) is 11.3 Å². The topological polar surface area (TPSA) is 42.7 Å². The van der Waals surface area contributed by atoms with Crippen molar-refractivity contribution in [3.05, 3.63) is 48.0 Å². The molecular formula is C12H16N4. The van der Waals surface area contributed by atoms with Gasteiger partial charge in [0.05, 0.1) is 12.2 Å². The number of aryl methyl sites for hydroxylation is 1. The van der Waals surface area contributed by atoms with Crippen LogP contribution < -0.4 is 5.32 Å². The molecule has 0 atom stereocenters. The fraction of sp³-hybridized carbons (Fsp3) is 0.333. The minimum Gasteiger partial charge on any atom is -0.309 e. The average Bonchev–Trinajstić information content (AvgIpc) is 2.80. The SMILES string of the molecule is Cc1ccc(CNCCn2cccn2)nc1. The summed E-state index contributed by atoms with van der Waals surface area (Å²) in [5.41, 5.74) is 2.27. The summed E-state index contributed by atoms with van der Waals surface area (Å²) in [7, 11) is 0. The second-order valence-electron chi connectivity index (χ2n) is 3.77. The molecule has 0 amide bonds. The molecule has 2 aromatic rings. The van der Waals surface area contributed by atoms with Crippen LogP contribution in [-0.2, 0) is 13.1 Å². The van der Waals surface area contributed by atoms with Crippen molar-refractivity contribution in [1.29, 1.82) is 0 Å². The third-order valence-corrected chi connectivity index (χ3v) is 2.36. The lowest BCUT2D eigenvalue weighted by atomic mass is 10.3. The molecule has 4 nitrogen and oxygen atoms in total. The molecule has 2 heterocycles. The van der Waals surface area contributed by atoms with E-state index in [1.807, 2.05) is 30.1 Å². The van der Waals surface area contributed by atoms with E-state index in [0.29, 0.717) is 0 Å². The minimum absolute atomic E-state index is 0.807. The Morgan fingerprint density at radius 2 is 2.31 bits per heavy atom. The van der Waals surface area contributed by atoms with Crippen molar-refractivity contribution in [3.8, 4) is 0 Å². The highest BCUT2D eigenvalue weighted by Gasteiger charge is 1.94. The summed E-state index contributed by atoms with van der Waals surface area (Å²) in [5.74, 6) is 0. The molecule has 0 radical (unpaired) electrons. The van der Waals surface area contributed by atoms with E-state index in [-0.39, 0.29) is 0 Å². The van der Waals surface area contributed by atoms with Gasteiger partial charge >= 0.3 is 0 Å². The smallest absolute Gasteiger partial charge is 0.0541 e. The summed E-state index contributed by atoms with van der Waals surface area (Å²) in [5, 5.41) is 7.47. The zero-order valence-electron chi connectivity index (χ0n) is 9.43. The Morgan fingerprint density at radius 3 is 3.00 bits per heavy atom. The molecule has 0 aromatic carbocycles. The zero-order chi connectivity index (χ0) is 11.2. The Hall–Kier alpha value is -1.68. The molecule has 4 heteroatoms. The summed E-state index contributed by atoms with van der Waals surface area (Å²) in [6.07, 6.45) is 5.65. The summed E-state index contributed by atoms with van der Waals surface area (Å²) in [4.78, 5) is 4.33. The minimum atomic E-state index is 0.807. The first-order valence-corrected chi connectivity index (χ1v) is 5.44. The lowest BCUT2D eigenvalue weighted by Crippen LogP contribution is -2.20. The highest BCUT2D eigenvalue weighted by molar-refractivity contribution is 5.11. The van der Waals surface area contributed by atoms with Crippen molar-refractivity contribution in [2.75, 3.05) is 6.54 Å². The fourth-order valence-corrected chi connectivity index (χ4v) is 1.45. The number of hydrogen-bond donors (Lipinski definition) is 1. The summed E-state index contributed by atoms with van der Waals surface area (Å²) < 4.78 is 1.91. The van der Waals surface area contributed by atoms with E-state index in [2.05, 4.69) is 27.5 Å². The van der Waals surface area contributed by atoms with Crippen LogP contribution in [0.15, 0.2) is 36.8 Å². The molecule has 0 aliphatic rings. The first kappa shape index (κ1) is 10.8. The predicted octanol–water partition coefficient (Wildman–Crippen LogP) is 1.38. The first-order valence-electron chi connectivity index (χ1n) is 5.44. The van der Waals surface area contributed by atoms with Gasteiger partial charge in [0.2, 0.25) is 0 Å². The molecule has 0 bridgehead atoms. The molecule has 0 fully saturated rings. The number of aromatic nitrogens is 3. The quantitative estimate of drug-likeness (QED) is 0.768. The largest absolute Gasteiger partial charge is 0.309 e. The van der Waals surface area contributed by atoms with Crippen molar-refractivity contribution < 1.29 is 0 Å². The number of hydrogen-bond acceptors (Lipinski definition) is 3. The van der Waals surface area contributed by atoms with Crippen LogP contribution in [0, 0.1) is 6.92 Å². The lowest BCUT2D eigenvalue weighted by molar-refractivity contribution is 0.551. The molecule has 2 rings (SSSR count). The van der Waals surface area contributed by atoms with Crippen LogP contribution in [0.4, 0.5) is 0 Å². The summed E-state index contributed by atoms with van der Waals surface area (Å²) in [6.45, 7) is 4.64. The van der Waals surface area contributed by atoms with E-state index in [9.17, 15) is 0 Å². The first-order chi connectivity index (χ1) is 7.84. The van der Waals surface area contributed by atoms with Gasteiger partial charge in [-0.05, 0) is 24.6 Å². The lowest BCUT2D eigenvalue weighted by Gasteiger charge is -2.04. The highest BCUT2D eigenvalue weighted by atomic mass is 15.3. The molecule has 0 spiro atoms. The summed E-state index contributed by atoms with van der Waals surface area (Å²) in [6, 6.07) is 6.06. The standard InChI is InChI=1S/C12H16N4/c1-11-3-4-12(14-9-11)10-13-6-8-16-7-2-5-15-16/h2-5,7,9,13H,6,8,10H2,1H3. The normalized spacial score (nSPS) is 10.6. The Balaban J connectivity index is 1.70. The van der Waals surface area contributed by atoms with Gasteiger partial charge in [0.25, 0.3) is 0 Å². The van der Waals surface area contributed by atoms with E-state index in [4.69, 9.17) is 0 Å². The van der Waals surface area contributed by atoms with Gasteiger partial charge in [0, 0.05) is 31.7 Å². The van der Waals surface area contributed by atoms with Gasteiger partial charge in [-0.15, -0.1) is 0 Å². The van der Waals surface area contributed by atoms with Crippen molar-refractivity contribution in [3.63, 3.8) is 0 Å². The molecule has 2 aromatic heterocycles. The van der Waals surface area contributed by atoms with Crippen LogP contribution in [0.25, 0.3) is 0 Å². The number of nitrogens with zero attached hydrogens (tertiary/aromatic N) is 3. The molecule has 1 N–H and O–H groups in total. The van der Waals surface area contributed by atoms with Crippen LogP contribution in [0.5, 0.6) is 0 Å². The Kier molecular flexibility index (Phi) is 3.66. The maximum absolute atomic E-state index is 4.33. The molecule has 0 saturated heterocycles. The molecule has 0 unspecified atom stereocenters. The second kappa shape index (κ2) is 5.42. The fourth-order valence-electron chi connectivity index (χ4n) is 1.45. The molecule has 0 aliphatic heterocycles. The van der Waals surface area contributed by atoms with Crippen LogP contribution in [0.2, 0.25) is 0 Å². The van der Waals surface area contributed by atoms with E-state index in [1.54, 1.807) is 6.20 Å². The van der Waals surface area contributed by atoms with E-state index in [0.717, 1.165) is 25.3 Å². The monoisotopic (exact) mass is 216 g/mol.